The second-order valence-corrected chi connectivity index (χ2v) is 6.45. The van der Waals surface area contributed by atoms with Crippen molar-refractivity contribution in [3.05, 3.63) is 58.1 Å². The van der Waals surface area contributed by atoms with Gasteiger partial charge in [-0.25, -0.2) is 0 Å². The molecule has 0 fully saturated rings. The van der Waals surface area contributed by atoms with E-state index in [0.29, 0.717) is 21.8 Å². The fraction of sp³-hybridized carbons (Fsp3) is 0.222. The molecule has 0 amide bonds. The number of hydrogen-bond acceptors (Lipinski definition) is 3. The highest BCUT2D eigenvalue weighted by Crippen LogP contribution is 2.24. The molecule has 0 aromatic heterocycles. The minimum absolute atomic E-state index is 0.352. The lowest BCUT2D eigenvalue weighted by atomic mass is 10.2. The van der Waals surface area contributed by atoms with Gasteiger partial charge in [0.2, 0.25) is 0 Å². The Morgan fingerprint density at radius 1 is 1.20 bits per heavy atom. The molecule has 0 bridgehead atoms. The molecule has 132 valence electrons. The van der Waals surface area contributed by atoms with Crippen LogP contribution in [-0.2, 0) is 0 Å². The minimum Gasteiger partial charge on any atom is -0.494 e. The Balaban J connectivity index is 1.86. The van der Waals surface area contributed by atoms with Crippen LogP contribution in [0.25, 0.3) is 0 Å². The molecule has 0 radical (unpaired) electrons. The lowest BCUT2D eigenvalue weighted by molar-refractivity contribution is 0.309. The predicted octanol–water partition coefficient (Wildman–Crippen LogP) is 5.49. The van der Waals surface area contributed by atoms with Crippen molar-refractivity contribution in [3.63, 3.8) is 0 Å². The van der Waals surface area contributed by atoms with Crippen molar-refractivity contribution in [2.24, 2.45) is 5.10 Å². The number of nitrogens with zero attached hydrogens (tertiary/aromatic N) is 1. The number of rotatable bonds is 7. The third-order valence-electron chi connectivity index (χ3n) is 3.18. The summed E-state index contributed by atoms with van der Waals surface area (Å²) in [6.07, 6.45) is 3.82. The average molecular weight is 396 g/mol. The van der Waals surface area contributed by atoms with Crippen molar-refractivity contribution < 1.29 is 4.74 Å². The first kappa shape index (κ1) is 19.5. The van der Waals surface area contributed by atoms with Gasteiger partial charge >= 0.3 is 0 Å². The van der Waals surface area contributed by atoms with E-state index in [2.05, 4.69) is 22.8 Å². The van der Waals surface area contributed by atoms with E-state index in [1.165, 1.54) is 0 Å². The lowest BCUT2D eigenvalue weighted by Crippen LogP contribution is -2.23. The first-order valence-corrected chi connectivity index (χ1v) is 9.03. The van der Waals surface area contributed by atoms with Gasteiger partial charge in [0.1, 0.15) is 5.75 Å². The van der Waals surface area contributed by atoms with Gasteiger partial charge in [-0.1, -0.05) is 48.7 Å². The van der Waals surface area contributed by atoms with Crippen LogP contribution in [0.5, 0.6) is 5.75 Å². The first-order valence-electron chi connectivity index (χ1n) is 7.86. The molecule has 0 aliphatic heterocycles. The maximum Gasteiger partial charge on any atom is 0.191 e. The van der Waals surface area contributed by atoms with E-state index >= 15 is 0 Å². The highest BCUT2D eigenvalue weighted by molar-refractivity contribution is 7.80. The Labute approximate surface area is 163 Å². The van der Waals surface area contributed by atoms with E-state index in [9.17, 15) is 0 Å². The summed E-state index contributed by atoms with van der Waals surface area (Å²) in [7, 11) is 0. The largest absolute Gasteiger partial charge is 0.494 e. The van der Waals surface area contributed by atoms with Crippen molar-refractivity contribution in [2.45, 2.75) is 19.8 Å². The number of ether oxygens (including phenoxy) is 1. The highest BCUT2D eigenvalue weighted by atomic mass is 35.5. The number of anilines is 1. The number of thiocarbonyl (C=S) groups is 1. The van der Waals surface area contributed by atoms with Gasteiger partial charge in [0.05, 0.1) is 22.9 Å². The van der Waals surface area contributed by atoms with Crippen LogP contribution < -0.4 is 15.5 Å². The number of hydrogen-bond donors (Lipinski definition) is 2. The molecule has 0 saturated carbocycles. The zero-order chi connectivity index (χ0) is 18.1. The van der Waals surface area contributed by atoms with Gasteiger partial charge in [-0.2, -0.15) is 5.10 Å². The third-order valence-corrected chi connectivity index (χ3v) is 4.11. The van der Waals surface area contributed by atoms with Gasteiger partial charge in [0.15, 0.2) is 5.11 Å². The zero-order valence-corrected chi connectivity index (χ0v) is 16.1. The molecule has 4 nitrogen and oxygen atoms in total. The van der Waals surface area contributed by atoms with Gasteiger partial charge in [0, 0.05) is 5.69 Å². The first-order chi connectivity index (χ1) is 12.1. The SMILES string of the molecule is CCCCOc1cccc(C=NNC(=S)Nc2ccc(Cl)c(Cl)c2)c1. The zero-order valence-electron chi connectivity index (χ0n) is 13.8. The Morgan fingerprint density at radius 3 is 2.80 bits per heavy atom. The maximum absolute atomic E-state index is 5.96. The number of hydrazone groups is 1. The van der Waals surface area contributed by atoms with Gasteiger partial charge in [0.25, 0.3) is 0 Å². The van der Waals surface area contributed by atoms with Crippen LogP contribution >= 0.6 is 35.4 Å². The van der Waals surface area contributed by atoms with Crippen molar-refractivity contribution in [1.29, 1.82) is 0 Å². The quantitative estimate of drug-likeness (QED) is 0.281. The molecule has 0 spiro atoms. The normalized spacial score (nSPS) is 10.7. The summed E-state index contributed by atoms with van der Waals surface area (Å²) in [4.78, 5) is 0. The number of unbranched alkanes of at least 4 members (excludes halogenated alkanes) is 1. The van der Waals surface area contributed by atoms with Crippen molar-refractivity contribution in [3.8, 4) is 5.75 Å². The maximum atomic E-state index is 5.96. The summed E-state index contributed by atoms with van der Waals surface area (Å²) in [5, 5.41) is 8.40. The molecule has 2 N–H and O–H groups in total. The van der Waals surface area contributed by atoms with E-state index in [4.69, 9.17) is 40.2 Å². The molecule has 2 aromatic carbocycles. The van der Waals surface area contributed by atoms with Crippen LogP contribution in [0.4, 0.5) is 5.69 Å². The Morgan fingerprint density at radius 2 is 2.04 bits per heavy atom. The molecule has 0 atom stereocenters. The van der Waals surface area contributed by atoms with Crippen molar-refractivity contribution in [2.75, 3.05) is 11.9 Å². The lowest BCUT2D eigenvalue weighted by Gasteiger charge is -2.08. The summed E-state index contributed by atoms with van der Waals surface area (Å²) in [6.45, 7) is 2.85. The van der Waals surface area contributed by atoms with Crippen molar-refractivity contribution >= 4 is 52.4 Å². The topological polar surface area (TPSA) is 45.6 Å². The summed E-state index contributed by atoms with van der Waals surface area (Å²) in [6, 6.07) is 12.9. The van der Waals surface area contributed by atoms with Gasteiger partial charge < -0.3 is 10.1 Å². The Bertz CT molecular complexity index is 753. The summed E-state index contributed by atoms with van der Waals surface area (Å²) in [5.41, 5.74) is 4.40. The second-order valence-electron chi connectivity index (χ2n) is 5.23. The highest BCUT2D eigenvalue weighted by Gasteiger charge is 2.01. The van der Waals surface area contributed by atoms with Crippen LogP contribution in [0.2, 0.25) is 10.0 Å². The number of halogens is 2. The molecule has 0 unspecified atom stereocenters. The summed E-state index contributed by atoms with van der Waals surface area (Å²) >= 11 is 17.0. The van der Waals surface area contributed by atoms with E-state index in [1.54, 1.807) is 24.4 Å². The molecule has 0 aliphatic carbocycles. The van der Waals surface area contributed by atoms with Crippen LogP contribution in [0.15, 0.2) is 47.6 Å². The van der Waals surface area contributed by atoms with Gasteiger partial charge in [-0.15, -0.1) is 0 Å². The standard InChI is InChI=1S/C18H19Cl2N3OS/c1-2-3-9-24-15-6-4-5-13(10-15)12-21-23-18(25)22-14-7-8-16(19)17(20)11-14/h4-8,10-12H,2-3,9H2,1H3,(H2,22,23,25). The van der Waals surface area contributed by atoms with Crippen LogP contribution in [0.3, 0.4) is 0 Å². The number of benzene rings is 2. The minimum atomic E-state index is 0.352. The average Bonchev–Trinajstić information content (AvgIpc) is 2.59. The molecule has 2 aromatic rings. The van der Waals surface area contributed by atoms with Gasteiger partial charge in [-0.05, 0) is 54.5 Å². The molecule has 0 aliphatic rings. The second kappa shape index (κ2) is 10.2. The summed E-state index contributed by atoms with van der Waals surface area (Å²) < 4.78 is 5.67. The van der Waals surface area contributed by atoms with Crippen LogP contribution in [0, 0.1) is 0 Å². The Kier molecular flexibility index (Phi) is 7.98. The fourth-order valence-corrected chi connectivity index (χ4v) is 2.39. The predicted molar refractivity (Wildman–Crippen MR) is 110 cm³/mol. The molecule has 0 saturated heterocycles. The molecule has 25 heavy (non-hydrogen) atoms. The fourth-order valence-electron chi connectivity index (χ4n) is 1.92. The smallest absolute Gasteiger partial charge is 0.191 e. The van der Waals surface area contributed by atoms with E-state index in [-0.39, 0.29) is 0 Å². The van der Waals surface area contributed by atoms with Gasteiger partial charge in [-0.3, -0.25) is 5.43 Å². The van der Waals surface area contributed by atoms with E-state index < -0.39 is 0 Å². The monoisotopic (exact) mass is 395 g/mol. The van der Waals surface area contributed by atoms with Crippen molar-refractivity contribution in [1.82, 2.24) is 5.43 Å². The van der Waals surface area contributed by atoms with E-state index in [0.717, 1.165) is 29.8 Å². The Hall–Kier alpha value is -1.82. The summed E-state index contributed by atoms with van der Waals surface area (Å²) in [5.74, 6) is 0.828. The molecule has 2 rings (SSSR count). The molecule has 0 heterocycles. The molecule has 7 heteroatoms. The third kappa shape index (κ3) is 6.90. The molecular weight excluding hydrogens is 377 g/mol. The van der Waals surface area contributed by atoms with Crippen LogP contribution in [0.1, 0.15) is 25.3 Å². The van der Waals surface area contributed by atoms with Crippen LogP contribution in [-0.4, -0.2) is 17.9 Å². The van der Waals surface area contributed by atoms with E-state index in [1.807, 2.05) is 24.3 Å². The number of nitrogens with one attached hydrogen (secondary N) is 2. The molecular formula is C18H19Cl2N3OS.